The van der Waals surface area contributed by atoms with E-state index in [0.717, 1.165) is 6.92 Å². The third kappa shape index (κ3) is 2.63. The van der Waals surface area contributed by atoms with Crippen molar-refractivity contribution >= 4 is 17.8 Å². The molecule has 3 N–H and O–H groups in total. The summed E-state index contributed by atoms with van der Waals surface area (Å²) in [4.78, 5) is 33.1. The zero-order valence-electron chi connectivity index (χ0n) is 8.97. The van der Waals surface area contributed by atoms with Crippen LogP contribution in [-0.2, 0) is 20.8 Å². The maximum atomic E-state index is 11.1. The first-order valence-electron chi connectivity index (χ1n) is 4.65. The third-order valence-electron chi connectivity index (χ3n) is 2.17. The maximum Gasteiger partial charge on any atom is 0.341 e. The minimum absolute atomic E-state index is 0.364. The van der Waals surface area contributed by atoms with E-state index in [1.54, 1.807) is 0 Å². The van der Waals surface area contributed by atoms with Gasteiger partial charge in [0.2, 0.25) is 11.4 Å². The molecule has 0 aliphatic heterocycles. The number of carbonyl (C=O) groups excluding carboxylic acids is 1. The van der Waals surface area contributed by atoms with E-state index >= 15 is 0 Å². The molecule has 1 amide bonds. The van der Waals surface area contributed by atoms with Crippen LogP contribution < -0.4 is 5.32 Å². The lowest BCUT2D eigenvalue weighted by Gasteiger charge is -2.24. The van der Waals surface area contributed by atoms with Crippen LogP contribution in [0, 0.1) is 0 Å². The Hall–Kier alpha value is -2.31. The van der Waals surface area contributed by atoms with Gasteiger partial charge >= 0.3 is 11.9 Å². The molecule has 1 rings (SSSR count). The summed E-state index contributed by atoms with van der Waals surface area (Å²) in [5.41, 5.74) is -2.01. The van der Waals surface area contributed by atoms with Gasteiger partial charge in [-0.25, -0.2) is 9.59 Å². The molecule has 0 aliphatic rings. The van der Waals surface area contributed by atoms with Crippen molar-refractivity contribution in [3.63, 3.8) is 0 Å². The number of aliphatic carboxylic acids is 2. The van der Waals surface area contributed by atoms with Gasteiger partial charge in [0, 0.05) is 13.3 Å². The molecule has 0 fully saturated rings. The summed E-state index contributed by atoms with van der Waals surface area (Å²) < 4.78 is 4.73. The van der Waals surface area contributed by atoms with Gasteiger partial charge in [-0.15, -0.1) is 0 Å². The fourth-order valence-corrected chi connectivity index (χ4v) is 1.39. The number of amides is 1. The Labute approximate surface area is 96.0 Å². The van der Waals surface area contributed by atoms with E-state index < -0.39 is 29.8 Å². The fraction of sp³-hybridized carbons (Fsp3) is 0.300. The largest absolute Gasteiger partial charge is 0.479 e. The highest BCUT2D eigenvalue weighted by Crippen LogP contribution is 2.15. The Morgan fingerprint density at radius 3 is 2.29 bits per heavy atom. The highest BCUT2D eigenvalue weighted by molar-refractivity contribution is 6.06. The van der Waals surface area contributed by atoms with Gasteiger partial charge in [0.25, 0.3) is 0 Å². The number of furan rings is 1. The Bertz CT molecular complexity index is 422. The van der Waals surface area contributed by atoms with Crippen LogP contribution >= 0.6 is 0 Å². The summed E-state index contributed by atoms with van der Waals surface area (Å²) in [5.74, 6) is -4.01. The zero-order valence-corrected chi connectivity index (χ0v) is 8.97. The maximum absolute atomic E-state index is 11.1. The van der Waals surface area contributed by atoms with Crippen LogP contribution in [0.2, 0.25) is 0 Å². The second-order valence-electron chi connectivity index (χ2n) is 3.51. The topological polar surface area (TPSA) is 117 Å². The predicted molar refractivity (Wildman–Crippen MR) is 54.2 cm³/mol. The van der Waals surface area contributed by atoms with Crippen LogP contribution in [0.3, 0.4) is 0 Å². The number of hydrogen-bond donors (Lipinski definition) is 3. The van der Waals surface area contributed by atoms with Gasteiger partial charge in [-0.1, -0.05) is 0 Å². The Morgan fingerprint density at radius 2 is 1.94 bits per heavy atom. The molecule has 7 heteroatoms. The van der Waals surface area contributed by atoms with Gasteiger partial charge in [-0.2, -0.15) is 0 Å². The average molecular weight is 241 g/mol. The van der Waals surface area contributed by atoms with E-state index in [0.29, 0.717) is 5.56 Å². The van der Waals surface area contributed by atoms with Crippen LogP contribution in [0.4, 0.5) is 0 Å². The second-order valence-corrected chi connectivity index (χ2v) is 3.51. The molecule has 1 aromatic rings. The normalized spacial score (nSPS) is 10.9. The van der Waals surface area contributed by atoms with Crippen molar-refractivity contribution in [3.05, 3.63) is 24.2 Å². The SMILES string of the molecule is CC(=O)NC(Cc1ccoc1)(C(=O)O)C(=O)O. The van der Waals surface area contributed by atoms with Gasteiger partial charge in [-0.3, -0.25) is 4.79 Å². The molecule has 0 saturated heterocycles. The molecule has 0 atom stereocenters. The quantitative estimate of drug-likeness (QED) is 0.618. The minimum Gasteiger partial charge on any atom is -0.479 e. The number of nitrogens with one attached hydrogen (secondary N) is 1. The summed E-state index contributed by atoms with van der Waals surface area (Å²) in [5, 5.41) is 20.0. The van der Waals surface area contributed by atoms with E-state index in [2.05, 4.69) is 0 Å². The van der Waals surface area contributed by atoms with Crippen molar-refractivity contribution in [1.29, 1.82) is 0 Å². The molecular formula is C10H11NO6. The van der Waals surface area contributed by atoms with Crippen molar-refractivity contribution < 1.29 is 29.0 Å². The molecule has 0 spiro atoms. The van der Waals surface area contributed by atoms with E-state index in [-0.39, 0.29) is 0 Å². The minimum atomic E-state index is -2.38. The molecule has 0 aromatic carbocycles. The lowest BCUT2D eigenvalue weighted by molar-refractivity contribution is -0.161. The molecule has 0 aliphatic carbocycles. The highest BCUT2D eigenvalue weighted by atomic mass is 16.4. The van der Waals surface area contributed by atoms with Crippen LogP contribution in [0.5, 0.6) is 0 Å². The standard InChI is InChI=1S/C10H11NO6/c1-6(12)11-10(8(13)14,9(15)16)4-7-2-3-17-5-7/h2-3,5H,4H2,1H3,(H,11,12)(H,13,14)(H,15,16). The van der Waals surface area contributed by atoms with Gasteiger partial charge in [0.15, 0.2) is 0 Å². The monoisotopic (exact) mass is 241 g/mol. The Kier molecular flexibility index (Phi) is 3.52. The molecule has 0 bridgehead atoms. The summed E-state index contributed by atoms with van der Waals surface area (Å²) in [6.07, 6.45) is 2.12. The molecule has 0 radical (unpaired) electrons. The summed E-state index contributed by atoms with van der Waals surface area (Å²) in [6, 6.07) is 1.43. The van der Waals surface area contributed by atoms with Gasteiger partial charge in [0.1, 0.15) is 0 Å². The van der Waals surface area contributed by atoms with Crippen molar-refractivity contribution in [3.8, 4) is 0 Å². The predicted octanol–water partition coefficient (Wildman–Crippen LogP) is -0.134. The van der Waals surface area contributed by atoms with Crippen LogP contribution in [-0.4, -0.2) is 33.6 Å². The van der Waals surface area contributed by atoms with Crippen molar-refractivity contribution in [2.75, 3.05) is 0 Å². The number of hydrogen-bond acceptors (Lipinski definition) is 4. The Balaban J connectivity index is 3.10. The van der Waals surface area contributed by atoms with E-state index in [9.17, 15) is 14.4 Å². The second kappa shape index (κ2) is 4.69. The first kappa shape index (κ1) is 12.8. The molecule has 0 saturated carbocycles. The smallest absolute Gasteiger partial charge is 0.341 e. The van der Waals surface area contributed by atoms with E-state index in [1.165, 1.54) is 18.6 Å². The Morgan fingerprint density at radius 1 is 1.35 bits per heavy atom. The summed E-state index contributed by atoms with van der Waals surface area (Å²) in [6.45, 7) is 1.05. The lowest BCUT2D eigenvalue weighted by Crippen LogP contribution is -2.61. The van der Waals surface area contributed by atoms with Gasteiger partial charge in [0.05, 0.1) is 12.5 Å². The van der Waals surface area contributed by atoms with Crippen molar-refractivity contribution in [2.24, 2.45) is 0 Å². The third-order valence-corrected chi connectivity index (χ3v) is 2.17. The molecule has 17 heavy (non-hydrogen) atoms. The van der Waals surface area contributed by atoms with Crippen molar-refractivity contribution in [1.82, 2.24) is 5.32 Å². The van der Waals surface area contributed by atoms with Gasteiger partial charge in [-0.05, 0) is 11.6 Å². The summed E-state index contributed by atoms with van der Waals surface area (Å²) in [7, 11) is 0. The number of carboxylic acids is 2. The number of carboxylic acid groups (broad SMARTS) is 2. The molecular weight excluding hydrogens is 230 g/mol. The molecule has 92 valence electrons. The van der Waals surface area contributed by atoms with Crippen LogP contribution in [0.1, 0.15) is 12.5 Å². The molecule has 0 unspecified atom stereocenters. The van der Waals surface area contributed by atoms with Crippen LogP contribution in [0.15, 0.2) is 23.0 Å². The summed E-state index contributed by atoms with van der Waals surface area (Å²) >= 11 is 0. The zero-order chi connectivity index (χ0) is 13.1. The van der Waals surface area contributed by atoms with E-state index in [1.807, 2.05) is 5.32 Å². The molecule has 1 aromatic heterocycles. The number of carbonyl (C=O) groups is 3. The molecule has 7 nitrogen and oxygen atoms in total. The first-order chi connectivity index (χ1) is 7.88. The van der Waals surface area contributed by atoms with Crippen LogP contribution in [0.25, 0.3) is 0 Å². The van der Waals surface area contributed by atoms with Gasteiger partial charge < -0.3 is 19.9 Å². The highest BCUT2D eigenvalue weighted by Gasteiger charge is 2.47. The first-order valence-corrected chi connectivity index (χ1v) is 4.65. The lowest BCUT2D eigenvalue weighted by atomic mass is 9.92. The van der Waals surface area contributed by atoms with Crippen molar-refractivity contribution in [2.45, 2.75) is 18.9 Å². The fourth-order valence-electron chi connectivity index (χ4n) is 1.39. The van der Waals surface area contributed by atoms with E-state index in [4.69, 9.17) is 14.6 Å². The molecule has 1 heterocycles. The number of rotatable bonds is 5. The average Bonchev–Trinajstić information content (AvgIpc) is 2.67.